The number of benzene rings is 1. The number of aliphatic hydroxyl groups excluding tert-OH is 1. The van der Waals surface area contributed by atoms with Gasteiger partial charge in [0.05, 0.1) is 41.5 Å². The van der Waals surface area contributed by atoms with Crippen LogP contribution < -0.4 is 15.8 Å². The van der Waals surface area contributed by atoms with E-state index in [1.165, 1.54) is 10.6 Å². The van der Waals surface area contributed by atoms with Crippen LogP contribution in [-0.4, -0.2) is 67.8 Å². The average molecular weight is 566 g/mol. The lowest BCUT2D eigenvalue weighted by molar-refractivity contribution is -0.131. The van der Waals surface area contributed by atoms with E-state index < -0.39 is 11.6 Å². The van der Waals surface area contributed by atoms with Crippen LogP contribution in [0.4, 0.5) is 20.4 Å². The second-order valence-electron chi connectivity index (χ2n) is 10.5. The van der Waals surface area contributed by atoms with E-state index in [0.29, 0.717) is 17.9 Å². The SMILES string of the molecule is CC(=O)N(C)[C@@H]1[C@H](N)C[C@H](c2ccncc2Nc2ncc3ccc(-c4c(F)cc(OCCO)cc4F)nn23)C[C@@H]1C. The van der Waals surface area contributed by atoms with Gasteiger partial charge in [-0.15, -0.1) is 0 Å². The Morgan fingerprint density at radius 3 is 2.66 bits per heavy atom. The molecule has 4 atom stereocenters. The predicted molar refractivity (Wildman–Crippen MR) is 150 cm³/mol. The van der Waals surface area contributed by atoms with Crippen LogP contribution in [0.25, 0.3) is 16.8 Å². The quantitative estimate of drug-likeness (QED) is 0.294. The number of fused-ring (bicyclic) bond motifs is 1. The summed E-state index contributed by atoms with van der Waals surface area (Å²) in [7, 11) is 1.80. The van der Waals surface area contributed by atoms with E-state index in [1.807, 2.05) is 6.07 Å². The normalized spacial score (nSPS) is 20.7. The molecule has 0 spiro atoms. The lowest BCUT2D eigenvalue weighted by Gasteiger charge is -2.43. The van der Waals surface area contributed by atoms with Crippen LogP contribution in [0.15, 0.2) is 48.9 Å². The number of rotatable bonds is 8. The van der Waals surface area contributed by atoms with Gasteiger partial charge in [0.2, 0.25) is 11.9 Å². The van der Waals surface area contributed by atoms with Gasteiger partial charge in [0.15, 0.2) is 0 Å². The summed E-state index contributed by atoms with van der Waals surface area (Å²) in [6, 6.07) is 7.02. The lowest BCUT2D eigenvalue weighted by Crippen LogP contribution is -2.54. The predicted octanol–water partition coefficient (Wildman–Crippen LogP) is 3.87. The molecule has 1 aliphatic carbocycles. The Labute approximate surface area is 236 Å². The zero-order valence-electron chi connectivity index (χ0n) is 23.1. The van der Waals surface area contributed by atoms with Gasteiger partial charge in [0, 0.05) is 44.4 Å². The number of aromatic nitrogens is 4. The van der Waals surface area contributed by atoms with Crippen LogP contribution in [0.2, 0.25) is 0 Å². The molecule has 41 heavy (non-hydrogen) atoms. The van der Waals surface area contributed by atoms with Crippen LogP contribution >= 0.6 is 0 Å². The van der Waals surface area contributed by atoms with Gasteiger partial charge in [-0.1, -0.05) is 6.92 Å². The van der Waals surface area contributed by atoms with Gasteiger partial charge in [-0.3, -0.25) is 9.78 Å². The first-order valence-electron chi connectivity index (χ1n) is 13.5. The largest absolute Gasteiger partial charge is 0.491 e. The molecule has 4 N–H and O–H groups in total. The second-order valence-corrected chi connectivity index (χ2v) is 10.5. The Bertz CT molecular complexity index is 1530. The molecule has 1 aliphatic rings. The Kier molecular flexibility index (Phi) is 8.13. The maximum atomic E-state index is 14.9. The number of hydrogen-bond acceptors (Lipinski definition) is 8. The molecule has 3 aromatic heterocycles. The van der Waals surface area contributed by atoms with Gasteiger partial charge in [-0.2, -0.15) is 9.61 Å². The zero-order chi connectivity index (χ0) is 29.3. The summed E-state index contributed by atoms with van der Waals surface area (Å²) in [6.07, 6.45) is 6.55. The number of imidazole rings is 1. The summed E-state index contributed by atoms with van der Waals surface area (Å²) in [5.41, 5.74) is 8.70. The van der Waals surface area contributed by atoms with Crippen molar-refractivity contribution in [1.82, 2.24) is 24.5 Å². The highest BCUT2D eigenvalue weighted by Crippen LogP contribution is 2.40. The van der Waals surface area contributed by atoms with Crippen molar-refractivity contribution < 1.29 is 23.4 Å². The van der Waals surface area contributed by atoms with Crippen molar-refractivity contribution >= 4 is 23.1 Å². The third-order valence-electron chi connectivity index (χ3n) is 7.74. The summed E-state index contributed by atoms with van der Waals surface area (Å²) >= 11 is 0. The van der Waals surface area contributed by atoms with Crippen LogP contribution in [0.3, 0.4) is 0 Å². The topological polar surface area (TPSA) is 131 Å². The molecular weight excluding hydrogens is 532 g/mol. The molecule has 0 aliphatic heterocycles. The number of hydrogen-bond donors (Lipinski definition) is 3. The number of halogens is 2. The molecule has 0 bridgehead atoms. The molecule has 0 unspecified atom stereocenters. The van der Waals surface area contributed by atoms with Crippen LogP contribution in [-0.2, 0) is 4.79 Å². The van der Waals surface area contributed by atoms with Crippen molar-refractivity contribution in [3.8, 4) is 17.0 Å². The third kappa shape index (κ3) is 5.70. The van der Waals surface area contributed by atoms with Gasteiger partial charge < -0.3 is 25.8 Å². The highest BCUT2D eigenvalue weighted by atomic mass is 19.1. The number of carbonyl (C=O) groups excluding carboxylic acids is 1. The number of nitrogens with two attached hydrogens (primary N) is 1. The van der Waals surface area contributed by atoms with E-state index in [9.17, 15) is 13.6 Å². The highest BCUT2D eigenvalue weighted by molar-refractivity contribution is 5.73. The molecule has 1 fully saturated rings. The van der Waals surface area contributed by atoms with Crippen LogP contribution in [0, 0.1) is 17.6 Å². The highest BCUT2D eigenvalue weighted by Gasteiger charge is 2.38. The second kappa shape index (κ2) is 11.8. The number of carbonyl (C=O) groups is 1. The molecule has 4 aromatic rings. The molecule has 5 rings (SSSR count). The number of anilines is 2. The molecule has 216 valence electrons. The number of amides is 1. The molecular formula is C29H33F2N7O3. The van der Waals surface area contributed by atoms with E-state index >= 15 is 0 Å². The van der Waals surface area contributed by atoms with Crippen molar-refractivity contribution in [2.24, 2.45) is 11.7 Å². The first-order chi connectivity index (χ1) is 19.7. The fourth-order valence-electron chi connectivity index (χ4n) is 5.84. The molecule has 0 radical (unpaired) electrons. The van der Waals surface area contributed by atoms with E-state index in [2.05, 4.69) is 27.3 Å². The maximum absolute atomic E-state index is 14.9. The Balaban J connectivity index is 1.43. The number of aliphatic hydroxyl groups is 1. The molecule has 3 heterocycles. The van der Waals surface area contributed by atoms with Crippen LogP contribution in [0.5, 0.6) is 5.75 Å². The van der Waals surface area contributed by atoms with Gasteiger partial charge in [0.1, 0.15) is 24.0 Å². The lowest BCUT2D eigenvalue weighted by atomic mass is 9.73. The Morgan fingerprint density at radius 2 is 1.98 bits per heavy atom. The van der Waals surface area contributed by atoms with Crippen molar-refractivity contribution in [2.75, 3.05) is 25.6 Å². The summed E-state index contributed by atoms with van der Waals surface area (Å²) in [5.74, 6) is -1.07. The molecule has 10 nitrogen and oxygen atoms in total. The molecule has 1 saturated carbocycles. The fraction of sp³-hybridized carbons (Fsp3) is 0.379. The summed E-state index contributed by atoms with van der Waals surface area (Å²) in [5, 5.41) is 16.7. The van der Waals surface area contributed by atoms with Crippen molar-refractivity contribution in [3.63, 3.8) is 0 Å². The number of nitrogens with one attached hydrogen (secondary N) is 1. The van der Waals surface area contributed by atoms with Crippen molar-refractivity contribution in [3.05, 3.63) is 66.1 Å². The molecule has 0 saturated heterocycles. The number of likely N-dealkylation sites (N-methyl/N-ethyl adjacent to an activating group) is 1. The smallest absolute Gasteiger partial charge is 0.229 e. The summed E-state index contributed by atoms with van der Waals surface area (Å²) in [4.78, 5) is 22.5. The first-order valence-corrected chi connectivity index (χ1v) is 13.5. The third-order valence-corrected chi connectivity index (χ3v) is 7.74. The van der Waals surface area contributed by atoms with Crippen molar-refractivity contribution in [2.45, 2.75) is 44.7 Å². The average Bonchev–Trinajstić information content (AvgIpc) is 3.33. The zero-order valence-corrected chi connectivity index (χ0v) is 23.1. The van der Waals surface area contributed by atoms with Gasteiger partial charge in [-0.25, -0.2) is 13.8 Å². The minimum Gasteiger partial charge on any atom is -0.491 e. The number of ether oxygens (including phenoxy) is 1. The van der Waals surface area contributed by atoms with E-state index in [-0.39, 0.29) is 60.0 Å². The number of nitrogens with zero attached hydrogens (tertiary/aromatic N) is 5. The van der Waals surface area contributed by atoms with E-state index in [1.54, 1.807) is 43.5 Å². The Morgan fingerprint density at radius 1 is 1.22 bits per heavy atom. The number of pyridine rings is 1. The van der Waals surface area contributed by atoms with Crippen LogP contribution in [0.1, 0.15) is 38.2 Å². The minimum absolute atomic E-state index is 0.00851. The van der Waals surface area contributed by atoms with Gasteiger partial charge >= 0.3 is 0 Å². The maximum Gasteiger partial charge on any atom is 0.229 e. The summed E-state index contributed by atoms with van der Waals surface area (Å²) < 4.78 is 36.5. The van der Waals surface area contributed by atoms with Gasteiger partial charge in [0.25, 0.3) is 0 Å². The molecule has 1 amide bonds. The fourth-order valence-corrected chi connectivity index (χ4v) is 5.84. The first kappa shape index (κ1) is 28.4. The molecule has 12 heteroatoms. The minimum atomic E-state index is -0.842. The van der Waals surface area contributed by atoms with E-state index in [4.69, 9.17) is 15.6 Å². The summed E-state index contributed by atoms with van der Waals surface area (Å²) in [6.45, 7) is 3.31. The van der Waals surface area contributed by atoms with Crippen molar-refractivity contribution in [1.29, 1.82) is 0 Å². The van der Waals surface area contributed by atoms with Gasteiger partial charge in [-0.05, 0) is 48.4 Å². The Hall–Kier alpha value is -4.16. The van der Waals surface area contributed by atoms with E-state index in [0.717, 1.165) is 29.8 Å². The standard InChI is InChI=1S/C29H33F2N7O3/c1-16-10-18(11-24(32)28(16)37(3)17(2)40)21-6-7-33-15-26(21)35-29-34-14-19-4-5-25(36-38(19)29)27-22(30)12-20(13-23(27)31)41-9-8-39/h4-7,12-16,18,24,28,39H,8-11,32H2,1-3H3,(H,34,35)/t16-,18+,24+,28-/m0/s1. The molecule has 1 aromatic carbocycles. The monoisotopic (exact) mass is 565 g/mol.